The molecule has 0 aromatic heterocycles. The highest BCUT2D eigenvalue weighted by Gasteiger charge is 2.37. The quantitative estimate of drug-likeness (QED) is 0.749. The first kappa shape index (κ1) is 14.0. The van der Waals surface area contributed by atoms with E-state index >= 15 is 0 Å². The molecule has 0 unspecified atom stereocenters. The topological polar surface area (TPSA) is 66.4 Å². The summed E-state index contributed by atoms with van der Waals surface area (Å²) in [4.78, 5) is 22.7. The Bertz CT molecular complexity index is 280. The van der Waals surface area contributed by atoms with Crippen LogP contribution in [0.3, 0.4) is 0 Å². The summed E-state index contributed by atoms with van der Waals surface area (Å²) in [6, 6.07) is 0. The summed E-state index contributed by atoms with van der Waals surface area (Å²) in [6.45, 7) is 4.76. The van der Waals surface area contributed by atoms with Crippen LogP contribution in [0.25, 0.3) is 0 Å². The molecule has 1 saturated carbocycles. The third kappa shape index (κ3) is 4.75. The summed E-state index contributed by atoms with van der Waals surface area (Å²) in [7, 11) is 0. The second kappa shape index (κ2) is 6.03. The lowest BCUT2D eigenvalue weighted by Gasteiger charge is -2.26. The minimum atomic E-state index is -0.788. The number of carbonyl (C=O) groups is 2. The molecule has 4 nitrogen and oxygen atoms in total. The van der Waals surface area contributed by atoms with Crippen molar-refractivity contribution in [1.82, 2.24) is 5.32 Å². The minimum Gasteiger partial charge on any atom is -0.481 e. The van der Waals surface area contributed by atoms with Gasteiger partial charge < -0.3 is 10.4 Å². The molecule has 2 N–H and O–H groups in total. The third-order valence-electron chi connectivity index (χ3n) is 3.43. The molecule has 4 heteroatoms. The SMILES string of the molecule is CC(C)CNC(=O)CC1(CC(=O)O)CCCC1. The van der Waals surface area contributed by atoms with Crippen LogP contribution in [0.5, 0.6) is 0 Å². The standard InChI is InChI=1S/C13H23NO3/c1-10(2)9-14-11(15)7-13(8-12(16)17)5-3-4-6-13/h10H,3-9H2,1-2H3,(H,14,15)(H,16,17). The molecule has 0 saturated heterocycles. The Balaban J connectivity index is 2.49. The van der Waals surface area contributed by atoms with Crippen LogP contribution in [0, 0.1) is 11.3 Å². The molecule has 17 heavy (non-hydrogen) atoms. The molecule has 1 aliphatic rings. The predicted molar refractivity (Wildman–Crippen MR) is 65.6 cm³/mol. The first-order chi connectivity index (χ1) is 7.93. The van der Waals surface area contributed by atoms with Crippen LogP contribution in [0.4, 0.5) is 0 Å². The molecular formula is C13H23NO3. The Morgan fingerprint density at radius 1 is 1.24 bits per heavy atom. The van der Waals surface area contributed by atoms with E-state index in [1.807, 2.05) is 13.8 Å². The maximum atomic E-state index is 11.8. The van der Waals surface area contributed by atoms with Gasteiger partial charge in [0.05, 0.1) is 6.42 Å². The van der Waals surface area contributed by atoms with Gasteiger partial charge in [0.25, 0.3) is 0 Å². The Labute approximate surface area is 103 Å². The van der Waals surface area contributed by atoms with Gasteiger partial charge in [-0.3, -0.25) is 9.59 Å². The van der Waals surface area contributed by atoms with Crippen molar-refractivity contribution in [3.05, 3.63) is 0 Å². The van der Waals surface area contributed by atoms with Crippen LogP contribution >= 0.6 is 0 Å². The number of carboxylic acids is 1. The third-order valence-corrected chi connectivity index (χ3v) is 3.43. The zero-order valence-corrected chi connectivity index (χ0v) is 10.8. The predicted octanol–water partition coefficient (Wildman–Crippen LogP) is 2.18. The lowest BCUT2D eigenvalue weighted by Crippen LogP contribution is -2.33. The highest BCUT2D eigenvalue weighted by molar-refractivity contribution is 5.78. The van der Waals surface area contributed by atoms with Gasteiger partial charge in [0.2, 0.25) is 5.91 Å². The molecule has 1 rings (SSSR count). The van der Waals surface area contributed by atoms with Gasteiger partial charge in [0, 0.05) is 13.0 Å². The van der Waals surface area contributed by atoms with Crippen molar-refractivity contribution in [2.45, 2.75) is 52.4 Å². The average molecular weight is 241 g/mol. The van der Waals surface area contributed by atoms with E-state index in [-0.39, 0.29) is 17.7 Å². The largest absolute Gasteiger partial charge is 0.481 e. The first-order valence-corrected chi connectivity index (χ1v) is 6.42. The van der Waals surface area contributed by atoms with Gasteiger partial charge in [0.1, 0.15) is 0 Å². The lowest BCUT2D eigenvalue weighted by atomic mass is 9.79. The molecule has 1 fully saturated rings. The zero-order valence-electron chi connectivity index (χ0n) is 10.8. The number of hydrogen-bond acceptors (Lipinski definition) is 2. The van der Waals surface area contributed by atoms with Gasteiger partial charge >= 0.3 is 5.97 Å². The van der Waals surface area contributed by atoms with E-state index in [0.29, 0.717) is 18.9 Å². The van der Waals surface area contributed by atoms with Crippen LogP contribution in [0.2, 0.25) is 0 Å². The van der Waals surface area contributed by atoms with Crippen LogP contribution in [-0.4, -0.2) is 23.5 Å². The van der Waals surface area contributed by atoms with Crippen LogP contribution in [0.1, 0.15) is 52.4 Å². The molecular weight excluding hydrogens is 218 g/mol. The van der Waals surface area contributed by atoms with E-state index in [2.05, 4.69) is 5.32 Å². The number of carboxylic acid groups (broad SMARTS) is 1. The number of hydrogen-bond donors (Lipinski definition) is 2. The van der Waals surface area contributed by atoms with Crippen molar-refractivity contribution in [2.24, 2.45) is 11.3 Å². The monoisotopic (exact) mass is 241 g/mol. The van der Waals surface area contributed by atoms with Crippen molar-refractivity contribution in [3.63, 3.8) is 0 Å². The molecule has 0 heterocycles. The molecule has 0 aromatic rings. The van der Waals surface area contributed by atoms with E-state index in [9.17, 15) is 9.59 Å². The van der Waals surface area contributed by atoms with E-state index in [0.717, 1.165) is 25.7 Å². The number of rotatable bonds is 6. The van der Waals surface area contributed by atoms with Crippen molar-refractivity contribution in [3.8, 4) is 0 Å². The number of amides is 1. The summed E-state index contributed by atoms with van der Waals surface area (Å²) in [6.07, 6.45) is 4.33. The summed E-state index contributed by atoms with van der Waals surface area (Å²) in [5, 5.41) is 11.8. The molecule has 1 aliphatic carbocycles. The Morgan fingerprint density at radius 3 is 2.29 bits per heavy atom. The van der Waals surface area contributed by atoms with Crippen LogP contribution in [-0.2, 0) is 9.59 Å². The summed E-state index contributed by atoms with van der Waals surface area (Å²) < 4.78 is 0. The molecule has 0 atom stereocenters. The van der Waals surface area contributed by atoms with E-state index in [1.165, 1.54) is 0 Å². The summed E-state index contributed by atoms with van der Waals surface area (Å²) in [5.41, 5.74) is -0.285. The molecule has 0 spiro atoms. The Hall–Kier alpha value is -1.06. The Kier molecular flexibility index (Phi) is 4.97. The highest BCUT2D eigenvalue weighted by Crippen LogP contribution is 2.43. The summed E-state index contributed by atoms with van der Waals surface area (Å²) in [5.74, 6) is -0.358. The van der Waals surface area contributed by atoms with Gasteiger partial charge in [-0.15, -0.1) is 0 Å². The maximum absolute atomic E-state index is 11.8. The normalized spacial score (nSPS) is 18.3. The van der Waals surface area contributed by atoms with Gasteiger partial charge in [-0.25, -0.2) is 0 Å². The fourth-order valence-electron chi connectivity index (χ4n) is 2.58. The zero-order chi connectivity index (χ0) is 12.9. The highest BCUT2D eigenvalue weighted by atomic mass is 16.4. The smallest absolute Gasteiger partial charge is 0.303 e. The lowest BCUT2D eigenvalue weighted by molar-refractivity contribution is -0.140. The fraction of sp³-hybridized carbons (Fsp3) is 0.846. The van der Waals surface area contributed by atoms with Gasteiger partial charge in [-0.2, -0.15) is 0 Å². The van der Waals surface area contributed by atoms with Crippen molar-refractivity contribution < 1.29 is 14.7 Å². The van der Waals surface area contributed by atoms with E-state index in [4.69, 9.17) is 5.11 Å². The number of aliphatic carboxylic acids is 1. The van der Waals surface area contributed by atoms with Crippen molar-refractivity contribution >= 4 is 11.9 Å². The first-order valence-electron chi connectivity index (χ1n) is 6.42. The van der Waals surface area contributed by atoms with Gasteiger partial charge in [-0.05, 0) is 24.2 Å². The molecule has 1 amide bonds. The second-order valence-corrected chi connectivity index (χ2v) is 5.65. The Morgan fingerprint density at radius 2 is 1.82 bits per heavy atom. The molecule has 0 aromatic carbocycles. The molecule has 0 radical (unpaired) electrons. The minimum absolute atomic E-state index is 0.00171. The van der Waals surface area contributed by atoms with Gasteiger partial charge in [0.15, 0.2) is 0 Å². The average Bonchev–Trinajstić information content (AvgIpc) is 2.62. The molecule has 0 bridgehead atoms. The fourth-order valence-corrected chi connectivity index (χ4v) is 2.58. The van der Waals surface area contributed by atoms with Crippen molar-refractivity contribution in [1.29, 1.82) is 0 Å². The molecule has 0 aliphatic heterocycles. The number of carbonyl (C=O) groups excluding carboxylic acids is 1. The van der Waals surface area contributed by atoms with Crippen LogP contribution < -0.4 is 5.32 Å². The van der Waals surface area contributed by atoms with Crippen LogP contribution in [0.15, 0.2) is 0 Å². The van der Waals surface area contributed by atoms with Crippen molar-refractivity contribution in [2.75, 3.05) is 6.54 Å². The number of nitrogens with one attached hydrogen (secondary N) is 1. The maximum Gasteiger partial charge on any atom is 0.303 e. The summed E-state index contributed by atoms with van der Waals surface area (Å²) >= 11 is 0. The van der Waals surface area contributed by atoms with E-state index < -0.39 is 5.97 Å². The second-order valence-electron chi connectivity index (χ2n) is 5.65. The van der Waals surface area contributed by atoms with Gasteiger partial charge in [-0.1, -0.05) is 26.7 Å². The van der Waals surface area contributed by atoms with E-state index in [1.54, 1.807) is 0 Å². The molecule has 98 valence electrons.